The molecule has 1 fully saturated rings. The van der Waals surface area contributed by atoms with Crippen molar-refractivity contribution < 1.29 is 9.59 Å². The Morgan fingerprint density at radius 1 is 1.24 bits per heavy atom. The second-order valence-corrected chi connectivity index (χ2v) is 6.90. The Balaban J connectivity index is 1.64. The lowest BCUT2D eigenvalue weighted by Crippen LogP contribution is -2.50. The van der Waals surface area contributed by atoms with Gasteiger partial charge in [0.1, 0.15) is 0 Å². The summed E-state index contributed by atoms with van der Waals surface area (Å²) in [4.78, 5) is 26.6. The number of nitrogens with one attached hydrogen (secondary N) is 1. The van der Waals surface area contributed by atoms with E-state index < -0.39 is 0 Å². The number of carbonyl (C=O) groups is 2. The lowest BCUT2D eigenvalue weighted by atomic mass is 10.0. The maximum absolute atomic E-state index is 12.6. The molecule has 5 heteroatoms. The Kier molecular flexibility index (Phi) is 5.34. The fourth-order valence-corrected chi connectivity index (χ4v) is 3.33. The maximum atomic E-state index is 12.6. The van der Waals surface area contributed by atoms with Gasteiger partial charge in [-0.15, -0.1) is 0 Å². The lowest BCUT2D eigenvalue weighted by molar-refractivity contribution is -0.132. The molecule has 5 nitrogen and oxygen atoms in total. The molecule has 2 aromatic carbocycles. The molecule has 0 aromatic heterocycles. The summed E-state index contributed by atoms with van der Waals surface area (Å²) in [6.07, 6.45) is 2.14. The smallest absolute Gasteiger partial charge is 0.251 e. The monoisotopic (exact) mass is 339 g/mol. The van der Waals surface area contributed by atoms with Crippen LogP contribution in [-0.4, -0.2) is 41.9 Å². The molecule has 2 atom stereocenters. The van der Waals surface area contributed by atoms with Crippen LogP contribution in [0.15, 0.2) is 42.5 Å². The van der Waals surface area contributed by atoms with Crippen LogP contribution in [0.2, 0.25) is 0 Å². The van der Waals surface area contributed by atoms with E-state index in [1.54, 1.807) is 0 Å². The molecule has 0 spiro atoms. The second-order valence-electron chi connectivity index (χ2n) is 6.90. The predicted octanol–water partition coefficient (Wildman–Crippen LogP) is 2.30. The Morgan fingerprint density at radius 2 is 2.00 bits per heavy atom. The van der Waals surface area contributed by atoms with Crippen LogP contribution >= 0.6 is 0 Å². The number of amides is 2. The first-order chi connectivity index (χ1) is 12.0. The van der Waals surface area contributed by atoms with Gasteiger partial charge in [0.25, 0.3) is 5.91 Å². The van der Waals surface area contributed by atoms with Crippen LogP contribution in [0.5, 0.6) is 0 Å². The lowest BCUT2D eigenvalue weighted by Gasteiger charge is -2.33. The van der Waals surface area contributed by atoms with Crippen LogP contribution in [-0.2, 0) is 4.79 Å². The van der Waals surface area contributed by atoms with Crippen LogP contribution < -0.4 is 11.1 Å². The molecule has 0 aliphatic carbocycles. The van der Waals surface area contributed by atoms with Crippen LogP contribution in [0.4, 0.5) is 0 Å². The highest BCUT2D eigenvalue weighted by Crippen LogP contribution is 2.17. The van der Waals surface area contributed by atoms with Crippen molar-refractivity contribution in [1.29, 1.82) is 0 Å². The molecule has 0 bridgehead atoms. The van der Waals surface area contributed by atoms with Gasteiger partial charge in [-0.25, -0.2) is 0 Å². The van der Waals surface area contributed by atoms with Crippen molar-refractivity contribution >= 4 is 22.6 Å². The molecule has 2 aromatic rings. The largest absolute Gasteiger partial charge is 0.348 e. The zero-order valence-electron chi connectivity index (χ0n) is 14.6. The number of piperidine rings is 1. The van der Waals surface area contributed by atoms with Crippen molar-refractivity contribution in [2.24, 2.45) is 5.73 Å². The van der Waals surface area contributed by atoms with Crippen LogP contribution in [0.1, 0.15) is 36.5 Å². The summed E-state index contributed by atoms with van der Waals surface area (Å²) in [6.45, 7) is 3.14. The van der Waals surface area contributed by atoms with Gasteiger partial charge in [0.05, 0.1) is 0 Å². The molecular formula is C20H25N3O2. The maximum Gasteiger partial charge on any atom is 0.251 e. The zero-order valence-corrected chi connectivity index (χ0v) is 14.6. The predicted molar refractivity (Wildman–Crippen MR) is 99.3 cm³/mol. The van der Waals surface area contributed by atoms with Crippen LogP contribution in [0, 0.1) is 0 Å². The van der Waals surface area contributed by atoms with Gasteiger partial charge in [-0.05, 0) is 42.7 Å². The third kappa shape index (κ3) is 4.37. The number of likely N-dealkylation sites (tertiary alicyclic amines) is 1. The Morgan fingerprint density at radius 3 is 2.76 bits per heavy atom. The SMILES string of the molecule is CC(N)CC(=O)N1CCCC(NC(=O)c2ccc3ccccc3c2)C1. The summed E-state index contributed by atoms with van der Waals surface area (Å²) in [6, 6.07) is 13.5. The summed E-state index contributed by atoms with van der Waals surface area (Å²) in [5.74, 6) is -0.0168. The second kappa shape index (κ2) is 7.66. The minimum atomic E-state index is -0.139. The van der Waals surface area contributed by atoms with E-state index in [1.165, 1.54) is 0 Å². The standard InChI is InChI=1S/C20H25N3O2/c1-14(21)11-19(24)23-10-4-7-18(13-23)22-20(25)17-9-8-15-5-2-3-6-16(15)12-17/h2-3,5-6,8-9,12,14,18H,4,7,10-11,13,21H2,1H3,(H,22,25). The molecule has 2 unspecified atom stereocenters. The minimum absolute atomic E-state index is 0.00949. The molecule has 2 amide bonds. The molecule has 1 saturated heterocycles. The number of benzene rings is 2. The molecule has 1 heterocycles. The van der Waals surface area contributed by atoms with Crippen molar-refractivity contribution in [3.8, 4) is 0 Å². The Labute approximate surface area is 148 Å². The summed E-state index contributed by atoms with van der Waals surface area (Å²) in [5.41, 5.74) is 6.37. The van der Waals surface area contributed by atoms with Gasteiger partial charge < -0.3 is 16.0 Å². The first kappa shape index (κ1) is 17.4. The zero-order chi connectivity index (χ0) is 17.8. The van der Waals surface area contributed by atoms with Gasteiger partial charge in [0.15, 0.2) is 0 Å². The first-order valence-electron chi connectivity index (χ1n) is 8.86. The number of hydrogen-bond donors (Lipinski definition) is 2. The van der Waals surface area contributed by atoms with Crippen LogP contribution in [0.25, 0.3) is 10.8 Å². The molecule has 0 saturated carbocycles. The molecule has 3 N–H and O–H groups in total. The van der Waals surface area contributed by atoms with Crippen molar-refractivity contribution in [2.75, 3.05) is 13.1 Å². The number of fused-ring (bicyclic) bond motifs is 1. The molecule has 0 radical (unpaired) electrons. The summed E-state index contributed by atoms with van der Waals surface area (Å²) in [5, 5.41) is 5.24. The van der Waals surface area contributed by atoms with E-state index in [2.05, 4.69) is 5.32 Å². The van der Waals surface area contributed by atoms with Gasteiger partial charge in [-0.3, -0.25) is 9.59 Å². The Bertz CT molecular complexity index is 772. The van der Waals surface area contributed by atoms with Crippen molar-refractivity contribution in [1.82, 2.24) is 10.2 Å². The number of rotatable bonds is 4. The highest BCUT2D eigenvalue weighted by atomic mass is 16.2. The number of nitrogens with zero attached hydrogens (tertiary/aromatic N) is 1. The third-order valence-electron chi connectivity index (χ3n) is 4.62. The summed E-state index contributed by atoms with van der Waals surface area (Å²) < 4.78 is 0. The van der Waals surface area contributed by atoms with Gasteiger partial charge in [-0.1, -0.05) is 30.3 Å². The summed E-state index contributed by atoms with van der Waals surface area (Å²) in [7, 11) is 0. The van der Waals surface area contributed by atoms with E-state index >= 15 is 0 Å². The third-order valence-corrected chi connectivity index (χ3v) is 4.62. The normalized spacial score (nSPS) is 18.8. The van der Waals surface area contributed by atoms with E-state index in [-0.39, 0.29) is 23.9 Å². The van der Waals surface area contributed by atoms with Gasteiger partial charge in [0.2, 0.25) is 5.91 Å². The van der Waals surface area contributed by atoms with Gasteiger partial charge >= 0.3 is 0 Å². The van der Waals surface area contributed by atoms with Gasteiger partial charge in [0, 0.05) is 37.2 Å². The highest BCUT2D eigenvalue weighted by molar-refractivity contribution is 5.98. The topological polar surface area (TPSA) is 75.4 Å². The fourth-order valence-electron chi connectivity index (χ4n) is 3.33. The first-order valence-corrected chi connectivity index (χ1v) is 8.86. The Hall–Kier alpha value is -2.40. The molecule has 25 heavy (non-hydrogen) atoms. The van der Waals surface area contributed by atoms with E-state index in [0.717, 1.165) is 30.2 Å². The quantitative estimate of drug-likeness (QED) is 0.897. The number of hydrogen-bond acceptors (Lipinski definition) is 3. The minimum Gasteiger partial charge on any atom is -0.348 e. The average Bonchev–Trinajstić information content (AvgIpc) is 2.61. The average molecular weight is 339 g/mol. The fraction of sp³-hybridized carbons (Fsp3) is 0.400. The van der Waals surface area contributed by atoms with Crippen molar-refractivity contribution in [2.45, 2.75) is 38.3 Å². The molecule has 1 aliphatic rings. The van der Waals surface area contributed by atoms with Crippen LogP contribution in [0.3, 0.4) is 0 Å². The molecule has 1 aliphatic heterocycles. The van der Waals surface area contributed by atoms with E-state index in [4.69, 9.17) is 5.73 Å². The molecular weight excluding hydrogens is 314 g/mol. The molecule has 132 valence electrons. The number of nitrogens with two attached hydrogens (primary N) is 1. The van der Waals surface area contributed by atoms with Gasteiger partial charge in [-0.2, -0.15) is 0 Å². The highest BCUT2D eigenvalue weighted by Gasteiger charge is 2.25. The van der Waals surface area contributed by atoms with E-state index in [1.807, 2.05) is 54.3 Å². The van der Waals surface area contributed by atoms with E-state index in [9.17, 15) is 9.59 Å². The number of carbonyl (C=O) groups excluding carboxylic acids is 2. The molecule has 3 rings (SSSR count). The van der Waals surface area contributed by atoms with Crippen molar-refractivity contribution in [3.05, 3.63) is 48.0 Å². The van der Waals surface area contributed by atoms with Crippen molar-refractivity contribution in [3.63, 3.8) is 0 Å². The summed E-state index contributed by atoms with van der Waals surface area (Å²) >= 11 is 0. The van der Waals surface area contributed by atoms with E-state index in [0.29, 0.717) is 18.5 Å².